The molecular weight excluding hydrogens is 339 g/mol. The van der Waals surface area contributed by atoms with Crippen molar-refractivity contribution < 1.29 is 19.1 Å². The molecule has 4 nitrogen and oxygen atoms in total. The number of ether oxygens (including phenoxy) is 2. The highest BCUT2D eigenvalue weighted by Gasteiger charge is 2.18. The number of carbonyl (C=O) groups is 2. The Labute approximate surface area is 143 Å². The van der Waals surface area contributed by atoms with Crippen molar-refractivity contribution in [2.75, 3.05) is 0 Å². The molecule has 0 radical (unpaired) electrons. The van der Waals surface area contributed by atoms with Crippen molar-refractivity contribution in [2.24, 2.45) is 0 Å². The Kier molecular flexibility index (Phi) is 5.64. The molecule has 0 bridgehead atoms. The van der Waals surface area contributed by atoms with E-state index in [-0.39, 0.29) is 5.78 Å². The van der Waals surface area contributed by atoms with Crippen molar-refractivity contribution >= 4 is 35.0 Å². The number of hydrogen-bond acceptors (Lipinski definition) is 4. The van der Waals surface area contributed by atoms with E-state index in [0.29, 0.717) is 27.1 Å². The number of halogens is 2. The van der Waals surface area contributed by atoms with Crippen LogP contribution in [-0.2, 0) is 4.79 Å². The van der Waals surface area contributed by atoms with Crippen LogP contribution in [0.2, 0.25) is 10.0 Å². The first-order valence-electron chi connectivity index (χ1n) is 6.81. The molecule has 0 aliphatic carbocycles. The van der Waals surface area contributed by atoms with Gasteiger partial charge in [0.25, 0.3) is 0 Å². The molecule has 6 heteroatoms. The topological polar surface area (TPSA) is 52.6 Å². The summed E-state index contributed by atoms with van der Waals surface area (Å²) in [6, 6.07) is 11.0. The SMILES string of the molecule is CC(=O)c1ccc(OC(=O)[C@H](C)Oc2ccc(Cl)cc2Cl)cc1. The molecule has 0 amide bonds. The molecule has 0 fully saturated rings. The van der Waals surface area contributed by atoms with Gasteiger partial charge in [-0.3, -0.25) is 4.79 Å². The predicted molar refractivity (Wildman–Crippen MR) is 88.6 cm³/mol. The van der Waals surface area contributed by atoms with Crippen LogP contribution in [0.5, 0.6) is 11.5 Å². The first-order chi connectivity index (χ1) is 10.9. The molecule has 23 heavy (non-hydrogen) atoms. The van der Waals surface area contributed by atoms with Crippen molar-refractivity contribution in [3.63, 3.8) is 0 Å². The van der Waals surface area contributed by atoms with Gasteiger partial charge in [0.2, 0.25) is 0 Å². The zero-order valence-electron chi connectivity index (χ0n) is 12.5. The lowest BCUT2D eigenvalue weighted by Crippen LogP contribution is -2.28. The number of rotatable bonds is 5. The highest BCUT2D eigenvalue weighted by molar-refractivity contribution is 6.35. The molecule has 0 aliphatic rings. The standard InChI is InChI=1S/C17H14Cl2O4/c1-10(20)12-3-6-14(7-4-12)23-17(21)11(2)22-16-8-5-13(18)9-15(16)19/h3-9,11H,1-2H3/t11-/m0/s1. The fraction of sp³-hybridized carbons (Fsp3) is 0.176. The van der Waals surface area contributed by atoms with Gasteiger partial charge in [0.1, 0.15) is 11.5 Å². The second-order valence-electron chi connectivity index (χ2n) is 4.84. The summed E-state index contributed by atoms with van der Waals surface area (Å²) >= 11 is 11.8. The lowest BCUT2D eigenvalue weighted by molar-refractivity contribution is -0.141. The third kappa shape index (κ3) is 4.71. The Balaban J connectivity index is 2.00. The molecule has 120 valence electrons. The molecule has 2 rings (SSSR count). The lowest BCUT2D eigenvalue weighted by Gasteiger charge is -2.15. The average Bonchev–Trinajstić information content (AvgIpc) is 2.50. The number of benzene rings is 2. The van der Waals surface area contributed by atoms with Crippen LogP contribution in [0.15, 0.2) is 42.5 Å². The predicted octanol–water partition coefficient (Wildman–Crippen LogP) is 4.57. The molecule has 0 unspecified atom stereocenters. The second-order valence-corrected chi connectivity index (χ2v) is 5.68. The van der Waals surface area contributed by atoms with E-state index in [4.69, 9.17) is 32.7 Å². The van der Waals surface area contributed by atoms with Gasteiger partial charge < -0.3 is 9.47 Å². The van der Waals surface area contributed by atoms with Crippen LogP contribution in [0, 0.1) is 0 Å². The largest absolute Gasteiger partial charge is 0.477 e. The van der Waals surface area contributed by atoms with Crippen molar-refractivity contribution in [3.8, 4) is 11.5 Å². The van der Waals surface area contributed by atoms with Crippen molar-refractivity contribution in [3.05, 3.63) is 58.1 Å². The summed E-state index contributed by atoms with van der Waals surface area (Å²) in [5.41, 5.74) is 0.544. The maximum Gasteiger partial charge on any atom is 0.352 e. The Bertz CT molecular complexity index is 726. The van der Waals surface area contributed by atoms with E-state index in [0.717, 1.165) is 0 Å². The van der Waals surface area contributed by atoms with Crippen molar-refractivity contribution in [2.45, 2.75) is 20.0 Å². The van der Waals surface area contributed by atoms with E-state index in [9.17, 15) is 9.59 Å². The van der Waals surface area contributed by atoms with Gasteiger partial charge in [-0.15, -0.1) is 0 Å². The molecule has 0 heterocycles. The van der Waals surface area contributed by atoms with E-state index in [1.807, 2.05) is 0 Å². The zero-order chi connectivity index (χ0) is 17.0. The Hall–Kier alpha value is -2.04. The number of hydrogen-bond donors (Lipinski definition) is 0. The van der Waals surface area contributed by atoms with E-state index >= 15 is 0 Å². The van der Waals surface area contributed by atoms with Crippen LogP contribution in [0.25, 0.3) is 0 Å². The summed E-state index contributed by atoms with van der Waals surface area (Å²) < 4.78 is 10.7. The number of Topliss-reactive ketones (excluding diaryl/α,β-unsaturated/α-hetero) is 1. The monoisotopic (exact) mass is 352 g/mol. The summed E-state index contributed by atoms with van der Waals surface area (Å²) in [5, 5.41) is 0.783. The van der Waals surface area contributed by atoms with Gasteiger partial charge in [-0.25, -0.2) is 4.79 Å². The summed E-state index contributed by atoms with van der Waals surface area (Å²) in [7, 11) is 0. The molecule has 0 aromatic heterocycles. The molecule has 0 saturated heterocycles. The molecule has 0 spiro atoms. The molecular formula is C17H14Cl2O4. The first-order valence-corrected chi connectivity index (χ1v) is 7.57. The smallest absolute Gasteiger partial charge is 0.352 e. The van der Waals surface area contributed by atoms with Crippen LogP contribution >= 0.6 is 23.2 Å². The minimum atomic E-state index is -0.860. The van der Waals surface area contributed by atoms with Crippen LogP contribution in [0.3, 0.4) is 0 Å². The minimum absolute atomic E-state index is 0.0584. The molecule has 0 N–H and O–H groups in total. The van der Waals surface area contributed by atoms with E-state index in [1.165, 1.54) is 13.0 Å². The van der Waals surface area contributed by atoms with Gasteiger partial charge >= 0.3 is 5.97 Å². The van der Waals surface area contributed by atoms with Gasteiger partial charge in [-0.05, 0) is 56.3 Å². The molecule has 0 aliphatic heterocycles. The fourth-order valence-corrected chi connectivity index (χ4v) is 2.22. The second kappa shape index (κ2) is 7.49. The highest BCUT2D eigenvalue weighted by atomic mass is 35.5. The van der Waals surface area contributed by atoms with Crippen molar-refractivity contribution in [1.29, 1.82) is 0 Å². The van der Waals surface area contributed by atoms with Gasteiger partial charge in [0, 0.05) is 10.6 Å². The fourth-order valence-electron chi connectivity index (χ4n) is 1.77. The minimum Gasteiger partial charge on any atom is -0.477 e. The molecule has 0 saturated carbocycles. The van der Waals surface area contributed by atoms with E-state index in [1.54, 1.807) is 43.3 Å². The molecule has 2 aromatic carbocycles. The quantitative estimate of drug-likeness (QED) is 0.449. The van der Waals surface area contributed by atoms with E-state index < -0.39 is 12.1 Å². The summed E-state index contributed by atoms with van der Waals surface area (Å²) in [5.74, 6) is 0.0358. The zero-order valence-corrected chi connectivity index (χ0v) is 14.0. The third-order valence-corrected chi connectivity index (χ3v) is 3.54. The number of ketones is 1. The summed E-state index contributed by atoms with van der Waals surface area (Å²) in [4.78, 5) is 23.2. The maximum absolute atomic E-state index is 12.0. The normalized spacial score (nSPS) is 11.7. The number of esters is 1. The summed E-state index contributed by atoms with van der Waals surface area (Å²) in [6.07, 6.45) is -0.860. The average molecular weight is 353 g/mol. The van der Waals surface area contributed by atoms with Crippen LogP contribution in [0.1, 0.15) is 24.2 Å². The van der Waals surface area contributed by atoms with Gasteiger partial charge in [0.15, 0.2) is 11.9 Å². The first kappa shape index (κ1) is 17.3. The van der Waals surface area contributed by atoms with E-state index in [2.05, 4.69) is 0 Å². The third-order valence-electron chi connectivity index (χ3n) is 3.01. The maximum atomic E-state index is 12.0. The van der Waals surface area contributed by atoms with Crippen LogP contribution in [-0.4, -0.2) is 17.9 Å². The summed E-state index contributed by atoms with van der Waals surface area (Å²) in [6.45, 7) is 3.02. The van der Waals surface area contributed by atoms with Gasteiger partial charge in [0.05, 0.1) is 5.02 Å². The Morgan fingerprint density at radius 3 is 2.26 bits per heavy atom. The van der Waals surface area contributed by atoms with Crippen LogP contribution in [0.4, 0.5) is 0 Å². The van der Waals surface area contributed by atoms with Crippen molar-refractivity contribution in [1.82, 2.24) is 0 Å². The van der Waals surface area contributed by atoms with Gasteiger partial charge in [-0.1, -0.05) is 23.2 Å². The van der Waals surface area contributed by atoms with Gasteiger partial charge in [-0.2, -0.15) is 0 Å². The highest BCUT2D eigenvalue weighted by Crippen LogP contribution is 2.28. The Morgan fingerprint density at radius 1 is 1.04 bits per heavy atom. The molecule has 2 aromatic rings. The molecule has 1 atom stereocenters. The van der Waals surface area contributed by atoms with Crippen LogP contribution < -0.4 is 9.47 Å². The Morgan fingerprint density at radius 2 is 1.70 bits per heavy atom. The number of carbonyl (C=O) groups excluding carboxylic acids is 2. The lowest BCUT2D eigenvalue weighted by atomic mass is 10.1.